The molecular weight excluding hydrogens is 448 g/mol. The van der Waals surface area contributed by atoms with Gasteiger partial charge in [0, 0.05) is 24.6 Å². The van der Waals surface area contributed by atoms with Crippen molar-refractivity contribution in [2.75, 3.05) is 37.1 Å². The molecule has 2 rings (SSSR count). The van der Waals surface area contributed by atoms with Gasteiger partial charge in [0.1, 0.15) is 0 Å². The van der Waals surface area contributed by atoms with E-state index in [4.69, 9.17) is 19.7 Å². The minimum Gasteiger partial charge on any atom is -0.449 e. The second kappa shape index (κ2) is 17.4. The Hall–Kier alpha value is -3.10. The molecule has 0 atom stereocenters. The molecule has 0 fully saturated rings. The molecule has 0 bridgehead atoms. The van der Waals surface area contributed by atoms with Gasteiger partial charge in [0.05, 0.1) is 13.2 Å². The van der Waals surface area contributed by atoms with E-state index >= 15 is 0 Å². The van der Waals surface area contributed by atoms with Gasteiger partial charge in [-0.2, -0.15) is 0 Å². The lowest BCUT2D eigenvalue weighted by Crippen LogP contribution is -2.14. The molecule has 0 aliphatic carbocycles. The van der Waals surface area contributed by atoms with Crippen LogP contribution in [0.5, 0.6) is 0 Å². The van der Waals surface area contributed by atoms with E-state index < -0.39 is 12.2 Å². The van der Waals surface area contributed by atoms with Crippen molar-refractivity contribution in [1.29, 1.82) is 0 Å². The fourth-order valence-corrected chi connectivity index (χ4v) is 3.42. The molecule has 2 aromatic rings. The van der Waals surface area contributed by atoms with Crippen LogP contribution in [0, 0.1) is 0 Å². The lowest BCUT2D eigenvalue weighted by atomic mass is 10.0. The van der Waals surface area contributed by atoms with Crippen molar-refractivity contribution in [3.05, 3.63) is 59.7 Å². The highest BCUT2D eigenvalue weighted by atomic mass is 16.6. The summed E-state index contributed by atoms with van der Waals surface area (Å²) in [7, 11) is 0. The molecule has 35 heavy (non-hydrogen) atoms. The van der Waals surface area contributed by atoms with Crippen LogP contribution in [-0.4, -0.2) is 48.8 Å². The number of carbonyl (C=O) groups excluding carboxylic acids is 2. The molecule has 0 radical (unpaired) electrons. The zero-order valence-electron chi connectivity index (χ0n) is 20.3. The van der Waals surface area contributed by atoms with Crippen LogP contribution in [0.3, 0.4) is 0 Å². The molecule has 0 saturated heterocycles. The number of rotatable bonds is 16. The normalized spacial score (nSPS) is 10.6. The molecule has 4 N–H and O–H groups in total. The molecule has 0 heterocycles. The van der Waals surface area contributed by atoms with Gasteiger partial charge in [-0.15, -0.1) is 0 Å². The molecular formula is C27H38N2O6. The standard InChI is InChI=1S/C27H38N2O6/c30-17-5-1-3-7-19-34-26(32)28-24-13-9-22(10-14-24)21-23-11-15-25(16-12-23)29-27(33)35-20-8-4-2-6-18-31/h9-16,30-31H,1-8,17-21H2,(H,28,32)(H,29,33). The maximum Gasteiger partial charge on any atom is 0.411 e. The fourth-order valence-electron chi connectivity index (χ4n) is 3.42. The molecule has 0 aliphatic rings. The van der Waals surface area contributed by atoms with Crippen molar-refractivity contribution in [3.8, 4) is 0 Å². The summed E-state index contributed by atoms with van der Waals surface area (Å²) in [5.41, 5.74) is 3.53. The van der Waals surface area contributed by atoms with E-state index in [9.17, 15) is 9.59 Å². The van der Waals surface area contributed by atoms with Crippen LogP contribution < -0.4 is 10.6 Å². The largest absolute Gasteiger partial charge is 0.449 e. The predicted octanol–water partition coefficient (Wildman–Crippen LogP) is 5.48. The van der Waals surface area contributed by atoms with Crippen LogP contribution in [0.1, 0.15) is 62.5 Å². The highest BCUT2D eigenvalue weighted by Gasteiger charge is 2.05. The Labute approximate surface area is 207 Å². The number of benzene rings is 2. The van der Waals surface area contributed by atoms with E-state index in [0.717, 1.165) is 68.9 Å². The summed E-state index contributed by atoms with van der Waals surface area (Å²) in [6.07, 6.45) is 6.63. The van der Waals surface area contributed by atoms with Crippen LogP contribution in [0.2, 0.25) is 0 Å². The molecule has 0 aromatic heterocycles. The van der Waals surface area contributed by atoms with Crippen LogP contribution in [0.15, 0.2) is 48.5 Å². The molecule has 192 valence electrons. The first-order chi connectivity index (χ1) is 17.1. The molecule has 2 aromatic carbocycles. The van der Waals surface area contributed by atoms with Crippen LogP contribution >= 0.6 is 0 Å². The SMILES string of the molecule is O=C(Nc1ccc(Cc2ccc(NC(=O)OCCCCCCO)cc2)cc1)OCCCCCCO. The number of hydrogen-bond acceptors (Lipinski definition) is 6. The van der Waals surface area contributed by atoms with Crippen LogP contribution in [-0.2, 0) is 15.9 Å². The van der Waals surface area contributed by atoms with Crippen molar-refractivity contribution in [3.63, 3.8) is 0 Å². The first kappa shape index (κ1) is 28.1. The summed E-state index contributed by atoms with van der Waals surface area (Å²) >= 11 is 0. The summed E-state index contributed by atoms with van der Waals surface area (Å²) in [6.45, 7) is 1.13. The quantitative estimate of drug-likeness (QED) is 0.233. The Bertz CT molecular complexity index is 783. The smallest absolute Gasteiger partial charge is 0.411 e. The van der Waals surface area contributed by atoms with Gasteiger partial charge in [-0.1, -0.05) is 37.1 Å². The summed E-state index contributed by atoms with van der Waals surface area (Å²) in [5, 5.41) is 22.9. The molecule has 0 spiro atoms. The average Bonchev–Trinajstić information content (AvgIpc) is 2.86. The Kier molecular flexibility index (Phi) is 14.0. The van der Waals surface area contributed by atoms with E-state index in [0.29, 0.717) is 24.6 Å². The first-order valence-electron chi connectivity index (χ1n) is 12.4. The fraction of sp³-hybridized carbons (Fsp3) is 0.481. The van der Waals surface area contributed by atoms with E-state index in [1.807, 2.05) is 48.5 Å². The van der Waals surface area contributed by atoms with Crippen molar-refractivity contribution >= 4 is 23.6 Å². The lowest BCUT2D eigenvalue weighted by molar-refractivity contribution is 0.158. The Morgan fingerprint density at radius 3 is 1.31 bits per heavy atom. The third-order valence-corrected chi connectivity index (χ3v) is 5.38. The van der Waals surface area contributed by atoms with Crippen molar-refractivity contribution in [2.45, 2.75) is 57.8 Å². The first-order valence-corrected chi connectivity index (χ1v) is 12.4. The number of amides is 2. The second-order valence-electron chi connectivity index (χ2n) is 8.37. The Balaban J connectivity index is 1.67. The molecule has 0 saturated carbocycles. The molecule has 8 nitrogen and oxygen atoms in total. The van der Waals surface area contributed by atoms with E-state index in [-0.39, 0.29) is 13.2 Å². The number of hydrogen-bond donors (Lipinski definition) is 4. The predicted molar refractivity (Wildman–Crippen MR) is 137 cm³/mol. The van der Waals surface area contributed by atoms with Crippen molar-refractivity contribution < 1.29 is 29.3 Å². The molecule has 8 heteroatoms. The minimum absolute atomic E-state index is 0.199. The van der Waals surface area contributed by atoms with Gasteiger partial charge in [-0.05, 0) is 80.3 Å². The average molecular weight is 487 g/mol. The number of aliphatic hydroxyl groups is 2. The Morgan fingerprint density at radius 1 is 0.571 bits per heavy atom. The van der Waals surface area contributed by atoms with Gasteiger partial charge in [0.25, 0.3) is 0 Å². The van der Waals surface area contributed by atoms with Gasteiger partial charge < -0.3 is 19.7 Å². The summed E-state index contributed by atoms with van der Waals surface area (Å²) < 4.78 is 10.3. The summed E-state index contributed by atoms with van der Waals surface area (Å²) in [4.78, 5) is 23.8. The minimum atomic E-state index is -0.469. The molecule has 0 unspecified atom stereocenters. The van der Waals surface area contributed by atoms with E-state index in [1.165, 1.54) is 0 Å². The highest BCUT2D eigenvalue weighted by molar-refractivity contribution is 5.85. The maximum atomic E-state index is 11.9. The summed E-state index contributed by atoms with van der Waals surface area (Å²) in [6, 6.07) is 15.2. The van der Waals surface area contributed by atoms with Gasteiger partial charge in [-0.3, -0.25) is 10.6 Å². The Morgan fingerprint density at radius 2 is 0.943 bits per heavy atom. The molecule has 2 amide bonds. The number of ether oxygens (including phenoxy) is 2. The highest BCUT2D eigenvalue weighted by Crippen LogP contribution is 2.16. The third kappa shape index (κ3) is 12.8. The van der Waals surface area contributed by atoms with E-state index in [1.54, 1.807) is 0 Å². The van der Waals surface area contributed by atoms with Crippen molar-refractivity contribution in [1.82, 2.24) is 0 Å². The van der Waals surface area contributed by atoms with Crippen molar-refractivity contribution in [2.24, 2.45) is 0 Å². The lowest BCUT2D eigenvalue weighted by Gasteiger charge is -2.09. The number of aliphatic hydroxyl groups excluding tert-OH is 2. The van der Waals surface area contributed by atoms with Gasteiger partial charge in [-0.25, -0.2) is 9.59 Å². The van der Waals surface area contributed by atoms with Gasteiger partial charge in [0.15, 0.2) is 0 Å². The zero-order valence-corrected chi connectivity index (χ0v) is 20.3. The van der Waals surface area contributed by atoms with Crippen LogP contribution in [0.4, 0.5) is 21.0 Å². The van der Waals surface area contributed by atoms with Gasteiger partial charge in [0.2, 0.25) is 0 Å². The van der Waals surface area contributed by atoms with Gasteiger partial charge >= 0.3 is 12.2 Å². The zero-order chi connectivity index (χ0) is 25.1. The summed E-state index contributed by atoms with van der Waals surface area (Å²) in [5.74, 6) is 0. The topological polar surface area (TPSA) is 117 Å². The maximum absolute atomic E-state index is 11.9. The molecule has 0 aliphatic heterocycles. The third-order valence-electron chi connectivity index (χ3n) is 5.38. The monoisotopic (exact) mass is 486 g/mol. The van der Waals surface area contributed by atoms with E-state index in [2.05, 4.69) is 10.6 Å². The van der Waals surface area contributed by atoms with Crippen LogP contribution in [0.25, 0.3) is 0 Å². The number of anilines is 2. The second-order valence-corrected chi connectivity index (χ2v) is 8.37. The number of carbonyl (C=O) groups is 2. The number of nitrogens with one attached hydrogen (secondary N) is 2. The number of unbranched alkanes of at least 4 members (excludes halogenated alkanes) is 6.